The number of nitrogens with zero attached hydrogens (tertiary/aromatic N) is 5. The molecule has 8 rings (SSSR count). The van der Waals surface area contributed by atoms with E-state index < -0.39 is 5.60 Å². The first-order valence-electron chi connectivity index (χ1n) is 12.4. The lowest BCUT2D eigenvalue weighted by Crippen LogP contribution is -2.61. The number of hydrogen-bond donors (Lipinski definition) is 1. The Bertz CT molecular complexity index is 1320. The van der Waals surface area contributed by atoms with Crippen LogP contribution in [0, 0.1) is 24.2 Å². The zero-order chi connectivity index (χ0) is 23.1. The molecule has 1 N–H and O–H groups in total. The molecular formula is C27H30N6O. The maximum Gasteiger partial charge on any atom is 0.185 e. The van der Waals surface area contributed by atoms with Gasteiger partial charge in [-0.3, -0.25) is 5.32 Å². The molecule has 2 saturated carbocycles. The first kappa shape index (κ1) is 20.4. The van der Waals surface area contributed by atoms with Crippen LogP contribution >= 0.6 is 0 Å². The van der Waals surface area contributed by atoms with Gasteiger partial charge in [0.25, 0.3) is 0 Å². The third-order valence-electron chi connectivity index (χ3n) is 8.78. The predicted molar refractivity (Wildman–Crippen MR) is 129 cm³/mol. The summed E-state index contributed by atoms with van der Waals surface area (Å²) in [6.45, 7) is 7.21. The zero-order valence-corrected chi connectivity index (χ0v) is 19.8. The first-order valence-corrected chi connectivity index (χ1v) is 12.4. The van der Waals surface area contributed by atoms with Crippen molar-refractivity contribution in [2.75, 3.05) is 24.6 Å². The zero-order valence-electron chi connectivity index (χ0n) is 19.8. The number of pyridine rings is 1. The number of fused-ring (bicyclic) bond motifs is 2. The van der Waals surface area contributed by atoms with E-state index in [4.69, 9.17) is 14.8 Å². The molecule has 1 aromatic carbocycles. The normalized spacial score (nSPS) is 33.1. The van der Waals surface area contributed by atoms with Gasteiger partial charge in [-0.2, -0.15) is 5.26 Å². The summed E-state index contributed by atoms with van der Waals surface area (Å²) in [7, 11) is 0. The molecular weight excluding hydrogens is 424 g/mol. The van der Waals surface area contributed by atoms with Gasteiger partial charge in [-0.1, -0.05) is 37.3 Å². The minimum absolute atomic E-state index is 0.122. The molecule has 34 heavy (non-hydrogen) atoms. The number of benzene rings is 1. The molecule has 0 radical (unpaired) electrons. The Morgan fingerprint density at radius 1 is 1.21 bits per heavy atom. The Morgan fingerprint density at radius 2 is 2.03 bits per heavy atom. The SMILES string of the molecule is Cc1cc(N2CC[C@](C)(c3ccccc3)C2)cn2nc(C34CC(CO3)C4NC3(C#N)CC3)nc12. The van der Waals surface area contributed by atoms with Crippen LogP contribution in [0.4, 0.5) is 5.69 Å². The summed E-state index contributed by atoms with van der Waals surface area (Å²) >= 11 is 0. The van der Waals surface area contributed by atoms with Crippen molar-refractivity contribution in [3.8, 4) is 6.07 Å². The standard InChI is InChI=1S/C27H30N6O/c1-18-12-21(32-11-10-25(2,17-32)20-6-4-3-5-7-20)14-33-23(18)29-24(31-33)27-13-19(15-34-27)22(27)30-26(16-28)8-9-26/h3-7,12,14,19,22,30H,8-11,13,15,17H2,1-2H3/t19?,22?,25-,27?/m0/s1. The second-order valence-electron chi connectivity index (χ2n) is 11.2. The summed E-state index contributed by atoms with van der Waals surface area (Å²) in [5, 5.41) is 18.1. The Morgan fingerprint density at radius 3 is 2.76 bits per heavy atom. The summed E-state index contributed by atoms with van der Waals surface area (Å²) < 4.78 is 8.23. The van der Waals surface area contributed by atoms with Crippen LogP contribution in [0.25, 0.3) is 5.65 Å². The highest BCUT2D eigenvalue weighted by atomic mass is 16.5. The highest BCUT2D eigenvalue weighted by molar-refractivity contribution is 5.58. The Hall–Kier alpha value is -2.95. The highest BCUT2D eigenvalue weighted by Crippen LogP contribution is 2.56. The average Bonchev–Trinajstić information content (AvgIpc) is 3.24. The lowest BCUT2D eigenvalue weighted by atomic mass is 9.68. The van der Waals surface area contributed by atoms with E-state index in [1.54, 1.807) is 0 Å². The monoisotopic (exact) mass is 454 g/mol. The van der Waals surface area contributed by atoms with Gasteiger partial charge in [0.1, 0.15) is 11.1 Å². The van der Waals surface area contributed by atoms with Gasteiger partial charge in [-0.15, -0.1) is 5.10 Å². The molecule has 0 amide bonds. The average molecular weight is 455 g/mol. The van der Waals surface area contributed by atoms with E-state index >= 15 is 0 Å². The Balaban J connectivity index is 1.19. The van der Waals surface area contributed by atoms with Crippen molar-refractivity contribution in [2.45, 2.75) is 62.1 Å². The number of rotatable bonds is 5. The fourth-order valence-corrected chi connectivity index (χ4v) is 6.40. The molecule has 5 fully saturated rings. The summed E-state index contributed by atoms with van der Waals surface area (Å²) in [5.41, 5.74) is 3.87. The molecule has 7 heteroatoms. The molecule has 174 valence electrons. The molecule has 4 atom stereocenters. The van der Waals surface area contributed by atoms with E-state index in [0.717, 1.165) is 55.8 Å². The summed E-state index contributed by atoms with van der Waals surface area (Å²) in [4.78, 5) is 7.43. The van der Waals surface area contributed by atoms with E-state index in [1.807, 2.05) is 4.52 Å². The van der Waals surface area contributed by atoms with Crippen molar-refractivity contribution in [2.24, 2.45) is 5.92 Å². The van der Waals surface area contributed by atoms with E-state index in [0.29, 0.717) is 12.5 Å². The van der Waals surface area contributed by atoms with Gasteiger partial charge in [0.2, 0.25) is 0 Å². The second-order valence-corrected chi connectivity index (χ2v) is 11.2. The minimum Gasteiger partial charge on any atom is -0.369 e. The largest absolute Gasteiger partial charge is 0.369 e. The van der Waals surface area contributed by atoms with Crippen molar-refractivity contribution >= 4 is 11.3 Å². The number of aromatic nitrogens is 3. The van der Waals surface area contributed by atoms with Crippen LogP contribution in [0.15, 0.2) is 42.6 Å². The smallest absolute Gasteiger partial charge is 0.185 e. The maximum atomic E-state index is 9.57. The second kappa shape index (κ2) is 6.80. The quantitative estimate of drug-likeness (QED) is 0.636. The van der Waals surface area contributed by atoms with Crippen LogP contribution in [0.5, 0.6) is 0 Å². The fraction of sp³-hybridized carbons (Fsp3) is 0.519. The molecule has 3 unspecified atom stereocenters. The van der Waals surface area contributed by atoms with Crippen LogP contribution in [-0.4, -0.2) is 45.9 Å². The molecule has 2 aromatic heterocycles. The predicted octanol–water partition coefficient (Wildman–Crippen LogP) is 3.47. The number of anilines is 1. The van der Waals surface area contributed by atoms with Gasteiger partial charge in [0.15, 0.2) is 11.5 Å². The molecule has 7 nitrogen and oxygen atoms in total. The minimum atomic E-state index is -0.505. The molecule has 2 aliphatic carbocycles. The molecule has 5 heterocycles. The number of hydrogen-bond acceptors (Lipinski definition) is 6. The summed E-state index contributed by atoms with van der Waals surface area (Å²) in [6.07, 6.45) is 6.01. The first-order chi connectivity index (χ1) is 16.4. The van der Waals surface area contributed by atoms with E-state index in [9.17, 15) is 5.26 Å². The molecule has 3 aliphatic heterocycles. The van der Waals surface area contributed by atoms with Crippen molar-refractivity contribution in [1.82, 2.24) is 19.9 Å². The third-order valence-corrected chi connectivity index (χ3v) is 8.78. The van der Waals surface area contributed by atoms with Crippen molar-refractivity contribution in [1.29, 1.82) is 5.26 Å². The van der Waals surface area contributed by atoms with Gasteiger partial charge in [0, 0.05) is 30.5 Å². The van der Waals surface area contributed by atoms with Crippen LogP contribution in [-0.2, 0) is 15.8 Å². The lowest BCUT2D eigenvalue weighted by molar-refractivity contribution is -0.0445. The van der Waals surface area contributed by atoms with Crippen LogP contribution in [0.1, 0.15) is 49.6 Å². The Kier molecular flexibility index (Phi) is 4.09. The topological polar surface area (TPSA) is 78.5 Å². The van der Waals surface area contributed by atoms with Crippen molar-refractivity contribution in [3.63, 3.8) is 0 Å². The molecule has 2 bridgehead atoms. The van der Waals surface area contributed by atoms with Crippen LogP contribution in [0.2, 0.25) is 0 Å². The van der Waals surface area contributed by atoms with Crippen LogP contribution < -0.4 is 10.2 Å². The number of nitrogens with one attached hydrogen (secondary N) is 1. The fourth-order valence-electron chi connectivity index (χ4n) is 6.40. The van der Waals surface area contributed by atoms with Gasteiger partial charge in [-0.25, -0.2) is 9.50 Å². The summed E-state index contributed by atoms with van der Waals surface area (Å²) in [6, 6.07) is 15.7. The molecule has 0 spiro atoms. The Labute approximate surface area is 199 Å². The molecule has 3 aromatic rings. The number of nitriles is 1. The van der Waals surface area contributed by atoms with Gasteiger partial charge in [-0.05, 0) is 49.8 Å². The van der Waals surface area contributed by atoms with Crippen molar-refractivity contribution in [3.05, 3.63) is 59.5 Å². The van der Waals surface area contributed by atoms with E-state index in [2.05, 4.69) is 72.7 Å². The number of ether oxygens (including phenoxy) is 1. The van der Waals surface area contributed by atoms with Crippen molar-refractivity contribution < 1.29 is 4.74 Å². The van der Waals surface area contributed by atoms with Crippen LogP contribution in [0.3, 0.4) is 0 Å². The molecule has 5 aliphatic rings. The third kappa shape index (κ3) is 2.82. The van der Waals surface area contributed by atoms with E-state index in [-0.39, 0.29) is 17.0 Å². The lowest BCUT2D eigenvalue weighted by Gasteiger charge is -2.44. The maximum absolute atomic E-state index is 9.57. The summed E-state index contributed by atoms with van der Waals surface area (Å²) in [5.74, 6) is 1.19. The van der Waals surface area contributed by atoms with Gasteiger partial charge in [0.05, 0.1) is 24.6 Å². The van der Waals surface area contributed by atoms with E-state index in [1.165, 1.54) is 11.3 Å². The van der Waals surface area contributed by atoms with Gasteiger partial charge < -0.3 is 9.64 Å². The van der Waals surface area contributed by atoms with Gasteiger partial charge >= 0.3 is 0 Å². The highest BCUT2D eigenvalue weighted by Gasteiger charge is 2.66. The molecule has 3 saturated heterocycles. The number of aryl methyl sites for hydroxylation is 1.